The van der Waals surface area contributed by atoms with E-state index in [4.69, 9.17) is 21.1 Å². The van der Waals surface area contributed by atoms with Crippen molar-refractivity contribution in [3.8, 4) is 11.3 Å². The molecule has 2 aromatic carbocycles. The topological polar surface area (TPSA) is 150 Å². The number of aliphatic hydroxyl groups is 3. The van der Waals surface area contributed by atoms with Gasteiger partial charge in [0.1, 0.15) is 46.7 Å². The van der Waals surface area contributed by atoms with Crippen LogP contribution in [0.3, 0.4) is 0 Å². The first-order valence-electron chi connectivity index (χ1n) is 13.6. The van der Waals surface area contributed by atoms with Gasteiger partial charge in [-0.25, -0.2) is 13.5 Å². The van der Waals surface area contributed by atoms with Crippen molar-refractivity contribution < 1.29 is 43.2 Å². The van der Waals surface area contributed by atoms with Crippen LogP contribution < -0.4 is 4.90 Å². The van der Waals surface area contributed by atoms with Gasteiger partial charge in [0.2, 0.25) is 5.91 Å². The molecule has 2 amide bonds. The molecule has 2 saturated heterocycles. The van der Waals surface area contributed by atoms with E-state index in [2.05, 4.69) is 42.2 Å². The Hall–Kier alpha value is -2.57. The van der Waals surface area contributed by atoms with Gasteiger partial charge in [-0.3, -0.25) is 9.59 Å². The number of β-amino-alcohol motifs (C(OH)–C–C–N with tert-alkyl or cyclic N) is 1. The molecule has 0 bridgehead atoms. The predicted molar refractivity (Wildman–Crippen MR) is 163 cm³/mol. The second kappa shape index (κ2) is 13.7. The van der Waals surface area contributed by atoms with Gasteiger partial charge in [0.25, 0.3) is 5.91 Å². The van der Waals surface area contributed by atoms with Gasteiger partial charge in [0.15, 0.2) is 6.10 Å². The van der Waals surface area contributed by atoms with Gasteiger partial charge in [-0.15, -0.1) is 5.10 Å². The largest absolute Gasteiger partial charge is 0.394 e. The highest BCUT2D eigenvalue weighted by molar-refractivity contribution is 9.11. The lowest BCUT2D eigenvalue weighted by Gasteiger charge is -2.45. The zero-order valence-corrected chi connectivity index (χ0v) is 27.7. The number of rotatable bonds is 7. The van der Waals surface area contributed by atoms with Crippen LogP contribution in [0, 0.1) is 11.6 Å². The maximum absolute atomic E-state index is 14.5. The number of aliphatic hydroxyl groups excluding tert-OH is 3. The molecule has 1 aromatic heterocycles. The summed E-state index contributed by atoms with van der Waals surface area (Å²) in [6, 6.07) is 4.93. The molecule has 242 valence electrons. The van der Waals surface area contributed by atoms with E-state index in [0.29, 0.717) is 14.6 Å². The third-order valence-corrected chi connectivity index (χ3v) is 9.15. The first-order valence-corrected chi connectivity index (χ1v) is 15.6. The molecule has 45 heavy (non-hydrogen) atoms. The van der Waals surface area contributed by atoms with Crippen molar-refractivity contribution in [1.29, 1.82) is 0 Å². The molecule has 17 heteroatoms. The Morgan fingerprint density at radius 1 is 1.13 bits per heavy atom. The number of carbonyl (C=O) groups is 2. The number of anilines is 1. The summed E-state index contributed by atoms with van der Waals surface area (Å²) in [6.07, 6.45) is -5.31. The van der Waals surface area contributed by atoms with Crippen molar-refractivity contribution in [3.05, 3.63) is 62.1 Å². The minimum absolute atomic E-state index is 0.00753. The lowest BCUT2D eigenvalue weighted by molar-refractivity contribution is -0.211. The lowest BCUT2D eigenvalue weighted by atomic mass is 9.91. The molecule has 7 atom stereocenters. The number of carbonyl (C=O) groups excluding carboxylic acids is 2. The first-order chi connectivity index (χ1) is 21.3. The van der Waals surface area contributed by atoms with Crippen LogP contribution in [-0.2, 0) is 19.1 Å². The van der Waals surface area contributed by atoms with Crippen LogP contribution in [0.1, 0.15) is 13.0 Å². The monoisotopic (exact) mass is 777 g/mol. The van der Waals surface area contributed by atoms with Gasteiger partial charge in [-0.1, -0.05) is 48.7 Å². The van der Waals surface area contributed by atoms with Crippen molar-refractivity contribution in [2.24, 2.45) is 0 Å². The Kier molecular flexibility index (Phi) is 10.2. The molecule has 3 N–H and O–H groups in total. The molecule has 3 heterocycles. The molecular formula is C28H28Br2ClF2N5O7. The Labute approximate surface area is 277 Å². The molecule has 2 fully saturated rings. The summed E-state index contributed by atoms with van der Waals surface area (Å²) < 4.78 is 42.4. The van der Waals surface area contributed by atoms with Crippen molar-refractivity contribution in [2.75, 3.05) is 31.7 Å². The Balaban J connectivity index is 1.56. The summed E-state index contributed by atoms with van der Waals surface area (Å²) in [4.78, 5) is 29.5. The number of hydrogen-bond donors (Lipinski definition) is 3. The SMILES string of the molecule is COC1C(C(=O)N(c2cc(Br)cc(Br)c2)[C@@H]2CN(C(C)=O)C[C@H]2O)OC(CO)C(O)C1n1cc(-c2cc(F)c(Cl)c(F)c2)nn1. The highest BCUT2D eigenvalue weighted by Crippen LogP contribution is 2.37. The second-order valence-corrected chi connectivity index (χ2v) is 12.9. The van der Waals surface area contributed by atoms with Crippen LogP contribution in [0.25, 0.3) is 11.3 Å². The minimum Gasteiger partial charge on any atom is -0.394 e. The summed E-state index contributed by atoms with van der Waals surface area (Å²) in [5.74, 6) is -3.00. The highest BCUT2D eigenvalue weighted by atomic mass is 79.9. The van der Waals surface area contributed by atoms with Crippen LogP contribution >= 0.6 is 43.5 Å². The Morgan fingerprint density at radius 2 is 1.78 bits per heavy atom. The fourth-order valence-electron chi connectivity index (χ4n) is 5.70. The van der Waals surface area contributed by atoms with Crippen molar-refractivity contribution in [2.45, 2.75) is 49.5 Å². The van der Waals surface area contributed by atoms with E-state index in [1.165, 1.54) is 34.7 Å². The van der Waals surface area contributed by atoms with Crippen LogP contribution in [-0.4, -0.2) is 110 Å². The number of nitrogens with zero attached hydrogens (tertiary/aromatic N) is 5. The number of halogens is 5. The molecule has 2 aliphatic rings. The van der Waals surface area contributed by atoms with Crippen LogP contribution in [0.15, 0.2) is 45.5 Å². The summed E-state index contributed by atoms with van der Waals surface area (Å²) in [6.45, 7) is 0.679. The van der Waals surface area contributed by atoms with E-state index in [0.717, 1.165) is 12.1 Å². The fourth-order valence-corrected chi connectivity index (χ4v) is 7.07. The maximum Gasteiger partial charge on any atom is 0.259 e. The molecule has 0 radical (unpaired) electrons. The molecule has 2 aliphatic heterocycles. The number of amides is 2. The summed E-state index contributed by atoms with van der Waals surface area (Å²) in [5, 5.41) is 39.8. The number of ether oxygens (including phenoxy) is 2. The van der Waals surface area contributed by atoms with Gasteiger partial charge in [-0.05, 0) is 30.3 Å². The number of methoxy groups -OCH3 is 1. The zero-order valence-electron chi connectivity index (χ0n) is 23.7. The molecule has 12 nitrogen and oxygen atoms in total. The normalized spacial score (nSPS) is 26.7. The summed E-state index contributed by atoms with van der Waals surface area (Å²) in [7, 11) is 1.29. The predicted octanol–water partition coefficient (Wildman–Crippen LogP) is 2.70. The van der Waals surface area contributed by atoms with Gasteiger partial charge in [0, 0.05) is 47.3 Å². The minimum atomic E-state index is -1.48. The van der Waals surface area contributed by atoms with E-state index in [1.807, 2.05) is 0 Å². The van der Waals surface area contributed by atoms with E-state index >= 15 is 0 Å². The average Bonchev–Trinajstić information content (AvgIpc) is 3.62. The van der Waals surface area contributed by atoms with Gasteiger partial charge >= 0.3 is 0 Å². The molecule has 0 aliphatic carbocycles. The lowest BCUT2D eigenvalue weighted by Crippen LogP contribution is -2.63. The quantitative estimate of drug-likeness (QED) is 0.308. The molecule has 5 unspecified atom stereocenters. The summed E-state index contributed by atoms with van der Waals surface area (Å²) >= 11 is 12.5. The van der Waals surface area contributed by atoms with Gasteiger partial charge in [0.05, 0.1) is 24.9 Å². The molecule has 0 saturated carbocycles. The third kappa shape index (κ3) is 6.65. The van der Waals surface area contributed by atoms with E-state index < -0.39 is 71.8 Å². The fraction of sp³-hybridized carbons (Fsp3) is 0.429. The highest BCUT2D eigenvalue weighted by Gasteiger charge is 2.52. The van der Waals surface area contributed by atoms with E-state index in [1.54, 1.807) is 18.2 Å². The molecular weight excluding hydrogens is 752 g/mol. The number of likely N-dealkylation sites (tertiary alicyclic amines) is 1. The van der Waals surface area contributed by atoms with Crippen molar-refractivity contribution in [3.63, 3.8) is 0 Å². The summed E-state index contributed by atoms with van der Waals surface area (Å²) in [5.41, 5.74) is 0.395. The van der Waals surface area contributed by atoms with Gasteiger partial charge < -0.3 is 34.6 Å². The van der Waals surface area contributed by atoms with E-state index in [9.17, 15) is 33.7 Å². The Morgan fingerprint density at radius 3 is 2.33 bits per heavy atom. The van der Waals surface area contributed by atoms with Crippen LogP contribution in [0.2, 0.25) is 5.02 Å². The molecule has 0 spiro atoms. The zero-order chi connectivity index (χ0) is 32.7. The number of benzene rings is 2. The average molecular weight is 780 g/mol. The smallest absolute Gasteiger partial charge is 0.259 e. The molecule has 5 rings (SSSR count). The maximum atomic E-state index is 14.5. The van der Waals surface area contributed by atoms with Crippen molar-refractivity contribution in [1.82, 2.24) is 19.9 Å². The van der Waals surface area contributed by atoms with Crippen LogP contribution in [0.5, 0.6) is 0 Å². The van der Waals surface area contributed by atoms with Crippen molar-refractivity contribution >= 4 is 61.0 Å². The van der Waals surface area contributed by atoms with Gasteiger partial charge in [-0.2, -0.15) is 0 Å². The Bertz CT molecular complexity index is 1560. The molecule has 3 aromatic rings. The van der Waals surface area contributed by atoms with E-state index in [-0.39, 0.29) is 30.3 Å². The standard InChI is InChI=1S/C28H28Br2ClF2N5O7/c1-12(40)36-9-20(21(41)10-36)38(16-6-14(29)5-15(30)7-16)28(43)27-26(44-2)24(25(42)22(11-39)45-27)37-8-19(34-35-37)13-3-17(32)23(31)18(33)4-13/h3-8,20-22,24-27,39,41-42H,9-11H2,1-2H3/t20-,21-,22?,24?,25?,26?,27?/m1/s1. The first kappa shape index (κ1) is 33.8. The second-order valence-electron chi connectivity index (χ2n) is 10.7. The number of aromatic nitrogens is 3. The third-order valence-electron chi connectivity index (χ3n) is 7.88. The number of hydrogen-bond acceptors (Lipinski definition) is 9. The van der Waals surface area contributed by atoms with Crippen LogP contribution in [0.4, 0.5) is 14.5 Å².